The van der Waals surface area contributed by atoms with Crippen molar-refractivity contribution in [1.82, 2.24) is 0 Å². The van der Waals surface area contributed by atoms with Gasteiger partial charge in [0.1, 0.15) is 0 Å². The molecule has 0 N–H and O–H groups in total. The van der Waals surface area contributed by atoms with E-state index in [1.165, 1.54) is 0 Å². The molecule has 1 aliphatic heterocycles. The van der Waals surface area contributed by atoms with Gasteiger partial charge in [0.25, 0.3) is 0 Å². The molecule has 1 fully saturated rings. The first-order valence-corrected chi connectivity index (χ1v) is 6.19. The molecule has 0 amide bonds. The van der Waals surface area contributed by atoms with Gasteiger partial charge in [-0.15, -0.1) is 0 Å². The molecule has 1 unspecified atom stereocenters. The lowest BCUT2D eigenvalue weighted by Gasteiger charge is -2.18. The van der Waals surface area contributed by atoms with Gasteiger partial charge in [-0.25, -0.2) is 9.18 Å². The first-order chi connectivity index (χ1) is 8.63. The van der Waals surface area contributed by atoms with Crippen molar-refractivity contribution in [2.45, 2.75) is 44.8 Å². The molecule has 3 nitrogen and oxygen atoms in total. The Balaban J connectivity index is 2.06. The minimum atomic E-state index is -1.26. The van der Waals surface area contributed by atoms with Gasteiger partial charge in [-0.2, -0.15) is 0 Å². The van der Waals surface area contributed by atoms with Gasteiger partial charge in [-0.05, 0) is 25.5 Å². The summed E-state index contributed by atoms with van der Waals surface area (Å²) in [6, 6.07) is 8.60. The standard InChI is InChI=1S/C14H17FO3/c1-3-11-13(12(15)9(2)17-11)18-14(16)10-7-5-4-6-8-10/h4-9,11-13H,3H2,1-2H3/t9?,11-,12-,13-/m1/s1. The van der Waals surface area contributed by atoms with E-state index in [9.17, 15) is 9.18 Å². The number of ether oxygens (including phenoxy) is 2. The van der Waals surface area contributed by atoms with Gasteiger partial charge in [0, 0.05) is 0 Å². The number of hydrogen-bond donors (Lipinski definition) is 0. The summed E-state index contributed by atoms with van der Waals surface area (Å²) in [5.74, 6) is -0.501. The van der Waals surface area contributed by atoms with Crippen LogP contribution >= 0.6 is 0 Å². The quantitative estimate of drug-likeness (QED) is 0.776. The third-order valence-electron chi connectivity index (χ3n) is 3.17. The maximum atomic E-state index is 13.9. The summed E-state index contributed by atoms with van der Waals surface area (Å²) in [6.07, 6.45) is -2.33. The largest absolute Gasteiger partial charge is 0.453 e. The van der Waals surface area contributed by atoms with Crippen LogP contribution in [0, 0.1) is 0 Å². The van der Waals surface area contributed by atoms with Gasteiger partial charge in [0.2, 0.25) is 0 Å². The Labute approximate surface area is 106 Å². The summed E-state index contributed by atoms with van der Waals surface area (Å²) in [5, 5.41) is 0. The predicted molar refractivity (Wildman–Crippen MR) is 65.2 cm³/mol. The molecule has 1 aliphatic rings. The SMILES string of the molecule is CC[C@H]1OC(C)[C@@H](F)[C@@H]1OC(=O)c1ccccc1. The Kier molecular flexibility index (Phi) is 3.97. The summed E-state index contributed by atoms with van der Waals surface area (Å²) in [5.41, 5.74) is 0.430. The molecule has 0 aromatic heterocycles. The average Bonchev–Trinajstić information content (AvgIpc) is 2.67. The van der Waals surface area contributed by atoms with Crippen molar-refractivity contribution in [2.75, 3.05) is 0 Å². The highest BCUT2D eigenvalue weighted by molar-refractivity contribution is 5.89. The minimum absolute atomic E-state index is 0.359. The molecule has 0 aliphatic carbocycles. The van der Waals surface area contributed by atoms with Gasteiger partial charge in [0.15, 0.2) is 12.3 Å². The Hall–Kier alpha value is -1.42. The molecule has 0 saturated carbocycles. The fourth-order valence-corrected chi connectivity index (χ4v) is 2.14. The number of esters is 1. The zero-order valence-corrected chi connectivity index (χ0v) is 10.5. The first-order valence-electron chi connectivity index (χ1n) is 6.19. The lowest BCUT2D eigenvalue weighted by atomic mass is 10.1. The van der Waals surface area contributed by atoms with Crippen molar-refractivity contribution in [3.63, 3.8) is 0 Å². The number of benzene rings is 1. The highest BCUT2D eigenvalue weighted by Gasteiger charge is 2.44. The van der Waals surface area contributed by atoms with Crippen LogP contribution in [0.25, 0.3) is 0 Å². The minimum Gasteiger partial charge on any atom is -0.453 e. The summed E-state index contributed by atoms with van der Waals surface area (Å²) in [6.45, 7) is 3.54. The summed E-state index contributed by atoms with van der Waals surface area (Å²) in [7, 11) is 0. The molecule has 1 heterocycles. The zero-order valence-electron chi connectivity index (χ0n) is 10.5. The van der Waals surface area contributed by atoms with Crippen LogP contribution in [0.5, 0.6) is 0 Å². The molecule has 18 heavy (non-hydrogen) atoms. The van der Waals surface area contributed by atoms with E-state index in [1.807, 2.05) is 13.0 Å². The number of halogens is 1. The van der Waals surface area contributed by atoms with E-state index in [4.69, 9.17) is 9.47 Å². The van der Waals surface area contributed by atoms with Crippen molar-refractivity contribution >= 4 is 5.97 Å². The molecule has 98 valence electrons. The van der Waals surface area contributed by atoms with Gasteiger partial charge < -0.3 is 9.47 Å². The van der Waals surface area contributed by atoms with Crippen LogP contribution in [0.2, 0.25) is 0 Å². The third-order valence-corrected chi connectivity index (χ3v) is 3.17. The predicted octanol–water partition coefficient (Wildman–Crippen LogP) is 2.75. The lowest BCUT2D eigenvalue weighted by Crippen LogP contribution is -2.33. The van der Waals surface area contributed by atoms with Crippen LogP contribution in [0.3, 0.4) is 0 Å². The van der Waals surface area contributed by atoms with E-state index >= 15 is 0 Å². The highest BCUT2D eigenvalue weighted by Crippen LogP contribution is 2.28. The lowest BCUT2D eigenvalue weighted by molar-refractivity contribution is -0.0124. The number of hydrogen-bond acceptors (Lipinski definition) is 3. The molecule has 4 heteroatoms. The number of rotatable bonds is 3. The Morgan fingerprint density at radius 1 is 1.39 bits per heavy atom. The van der Waals surface area contributed by atoms with Crippen molar-refractivity contribution in [1.29, 1.82) is 0 Å². The Morgan fingerprint density at radius 3 is 2.67 bits per heavy atom. The van der Waals surface area contributed by atoms with Crippen LogP contribution in [-0.4, -0.2) is 30.5 Å². The van der Waals surface area contributed by atoms with E-state index in [-0.39, 0.29) is 6.10 Å². The molecular weight excluding hydrogens is 235 g/mol. The smallest absolute Gasteiger partial charge is 0.338 e. The molecular formula is C14H17FO3. The van der Waals surface area contributed by atoms with Crippen molar-refractivity contribution in [2.24, 2.45) is 0 Å². The summed E-state index contributed by atoms with van der Waals surface area (Å²) in [4.78, 5) is 11.9. The molecule has 4 atom stereocenters. The van der Waals surface area contributed by atoms with E-state index in [0.29, 0.717) is 12.0 Å². The van der Waals surface area contributed by atoms with Crippen molar-refractivity contribution < 1.29 is 18.7 Å². The maximum absolute atomic E-state index is 13.9. The molecule has 2 rings (SSSR count). The fourth-order valence-electron chi connectivity index (χ4n) is 2.14. The maximum Gasteiger partial charge on any atom is 0.338 e. The second kappa shape index (κ2) is 5.48. The molecule has 0 bridgehead atoms. The monoisotopic (exact) mass is 252 g/mol. The first kappa shape index (κ1) is 13.0. The van der Waals surface area contributed by atoms with Gasteiger partial charge in [0.05, 0.1) is 17.8 Å². The normalized spacial score (nSPS) is 31.3. The second-order valence-corrected chi connectivity index (χ2v) is 4.47. The van der Waals surface area contributed by atoms with Crippen LogP contribution in [0.4, 0.5) is 4.39 Å². The van der Waals surface area contributed by atoms with E-state index in [2.05, 4.69) is 0 Å². The van der Waals surface area contributed by atoms with Crippen molar-refractivity contribution in [3.05, 3.63) is 35.9 Å². The molecule has 1 aromatic carbocycles. The second-order valence-electron chi connectivity index (χ2n) is 4.47. The number of alkyl halides is 1. The number of carbonyl (C=O) groups excluding carboxylic acids is 1. The summed E-state index contributed by atoms with van der Waals surface area (Å²) < 4.78 is 24.6. The molecule has 1 saturated heterocycles. The van der Waals surface area contributed by atoms with E-state index in [0.717, 1.165) is 0 Å². The summed E-state index contributed by atoms with van der Waals surface area (Å²) >= 11 is 0. The average molecular weight is 252 g/mol. The third kappa shape index (κ3) is 2.53. The van der Waals surface area contributed by atoms with Crippen LogP contribution in [0.15, 0.2) is 30.3 Å². The number of carbonyl (C=O) groups is 1. The topological polar surface area (TPSA) is 35.5 Å². The Morgan fingerprint density at radius 2 is 2.06 bits per heavy atom. The zero-order chi connectivity index (χ0) is 13.1. The highest BCUT2D eigenvalue weighted by atomic mass is 19.1. The molecule has 1 aromatic rings. The van der Waals surface area contributed by atoms with Crippen molar-refractivity contribution in [3.8, 4) is 0 Å². The molecule has 0 radical (unpaired) electrons. The van der Waals surface area contributed by atoms with Crippen LogP contribution in [-0.2, 0) is 9.47 Å². The Bertz CT molecular complexity index is 407. The van der Waals surface area contributed by atoms with E-state index < -0.39 is 24.3 Å². The van der Waals surface area contributed by atoms with Gasteiger partial charge >= 0.3 is 5.97 Å². The van der Waals surface area contributed by atoms with Gasteiger partial charge in [-0.3, -0.25) is 0 Å². The van der Waals surface area contributed by atoms with Crippen LogP contribution < -0.4 is 0 Å². The van der Waals surface area contributed by atoms with Crippen LogP contribution in [0.1, 0.15) is 30.6 Å². The van der Waals surface area contributed by atoms with Gasteiger partial charge in [-0.1, -0.05) is 25.1 Å². The van der Waals surface area contributed by atoms with E-state index in [1.54, 1.807) is 31.2 Å². The fraction of sp³-hybridized carbons (Fsp3) is 0.500. The molecule has 0 spiro atoms.